The number of nitrogens with two attached hydrogens (primary N) is 1. The van der Waals surface area contributed by atoms with Crippen molar-refractivity contribution in [2.45, 2.75) is 116 Å². The van der Waals surface area contributed by atoms with Crippen molar-refractivity contribution in [1.29, 1.82) is 0 Å². The molecule has 0 spiro atoms. The number of carboxylic acids is 1. The van der Waals surface area contributed by atoms with Gasteiger partial charge in [-0.15, -0.1) is 12.4 Å². The van der Waals surface area contributed by atoms with Gasteiger partial charge in [-0.3, -0.25) is 19.6 Å². The van der Waals surface area contributed by atoms with Gasteiger partial charge in [-0.1, -0.05) is 24.3 Å². The molecule has 4 atom stereocenters. The Balaban J connectivity index is 0.000000302. The number of benzene rings is 2. The second-order valence-corrected chi connectivity index (χ2v) is 17.3. The number of hydrogen-bond acceptors (Lipinski definition) is 11. The molecule has 14 nitrogen and oxygen atoms in total. The molecule has 2 aliphatic heterocycles. The predicted octanol–water partition coefficient (Wildman–Crippen LogP) is 10.2. The van der Waals surface area contributed by atoms with Crippen LogP contribution in [0.25, 0.3) is 22.3 Å². The molecule has 69 heavy (non-hydrogen) atoms. The average molecular weight is 1010 g/mol. The second kappa shape index (κ2) is 24.7. The third kappa shape index (κ3) is 17.9. The highest BCUT2D eigenvalue weighted by Gasteiger charge is 2.42. The number of ketones is 1. The maximum absolute atomic E-state index is 14.3. The molecule has 2 aliphatic rings. The van der Waals surface area contributed by atoms with Crippen molar-refractivity contribution in [2.24, 2.45) is 0 Å². The number of amides is 2. The average Bonchev–Trinajstić information content (AvgIpc) is 3.84. The molecule has 2 saturated heterocycles. The van der Waals surface area contributed by atoms with E-state index in [1.807, 2.05) is 0 Å². The number of likely N-dealkylation sites (tertiary alicyclic amines) is 2. The maximum atomic E-state index is 14.3. The summed E-state index contributed by atoms with van der Waals surface area (Å²) in [6.45, 7) is 3.78. The molecular weight excluding hydrogens is 954 g/mol. The van der Waals surface area contributed by atoms with Crippen LogP contribution in [0.2, 0.25) is 0 Å². The van der Waals surface area contributed by atoms with Gasteiger partial charge < -0.3 is 29.8 Å². The van der Waals surface area contributed by atoms with Crippen molar-refractivity contribution in [2.75, 3.05) is 18.8 Å². The lowest BCUT2D eigenvalue weighted by molar-refractivity contribution is -0.142. The summed E-state index contributed by atoms with van der Waals surface area (Å²) < 4.78 is 122. The van der Waals surface area contributed by atoms with Crippen molar-refractivity contribution in [3.8, 4) is 33.8 Å². The molecule has 0 bridgehead atoms. The van der Waals surface area contributed by atoms with E-state index in [2.05, 4.69) is 19.4 Å². The number of rotatable bonds is 11. The largest absolute Gasteiger partial charge is 0.480 e. The Hall–Kier alpha value is -6.45. The summed E-state index contributed by atoms with van der Waals surface area (Å²) >= 11 is 0. The lowest BCUT2D eigenvalue weighted by Crippen LogP contribution is -2.43. The molecule has 6 rings (SSSR count). The standard InChI is InChI=1S/C24H26F4N2O4.C12H9F3N2O.C10H16FNO4.ClH/c1-24(2,3)34-23(32)30-13-15(25)10-20(30)21(31)9-6-16-11-18(19(26)12-29-16)14-4-7-17(8-5-14)33-22(27)28;13-10-6-17-11(16)5-9(10)7-1-3-8(4-2-7)18-12(14)15;1-10(2,3)16-9(15)12-5-6(11)4-7(12)8(13)14;/h4-5,7-8,11-12,15,20,22H,6,9-10,13H2,1-3H3;1-6,12H,(H2,16,17);6-7H,4-5H2,1-3H3,(H,13,14);1H/t15-,20+;;6-,7+;/m1.1./s1. The van der Waals surface area contributed by atoms with Crippen LogP contribution in [-0.4, -0.2) is 111 Å². The number of carboxylic acid groups (broad SMARTS) is 1. The zero-order valence-electron chi connectivity index (χ0n) is 38.1. The van der Waals surface area contributed by atoms with Crippen molar-refractivity contribution in [1.82, 2.24) is 19.8 Å². The number of hydrogen-bond donors (Lipinski definition) is 2. The lowest BCUT2D eigenvalue weighted by Gasteiger charge is -2.27. The Morgan fingerprint density at radius 1 is 0.696 bits per heavy atom. The number of carbonyl (C=O) groups excluding carboxylic acids is 3. The van der Waals surface area contributed by atoms with E-state index in [0.29, 0.717) is 16.8 Å². The monoisotopic (exact) mass is 1010 g/mol. The zero-order valence-corrected chi connectivity index (χ0v) is 39.0. The number of nitrogens with zero attached hydrogens (tertiary/aromatic N) is 4. The van der Waals surface area contributed by atoms with Crippen molar-refractivity contribution in [3.63, 3.8) is 0 Å². The van der Waals surface area contributed by atoms with Crippen molar-refractivity contribution < 1.29 is 78.4 Å². The molecule has 378 valence electrons. The van der Waals surface area contributed by atoms with Crippen LogP contribution in [0, 0.1) is 11.6 Å². The molecule has 0 radical (unpaired) electrons. The minimum absolute atomic E-state index is 0. The van der Waals surface area contributed by atoms with Crippen LogP contribution >= 0.6 is 12.4 Å². The van der Waals surface area contributed by atoms with Gasteiger partial charge in [0.05, 0.1) is 31.5 Å². The van der Waals surface area contributed by atoms with Crippen LogP contribution in [0.1, 0.15) is 66.5 Å². The third-order valence-electron chi connectivity index (χ3n) is 9.61. The van der Waals surface area contributed by atoms with Gasteiger partial charge in [0.2, 0.25) is 0 Å². The number of aromatic nitrogens is 2. The smallest absolute Gasteiger partial charge is 0.411 e. The molecule has 2 amide bonds. The lowest BCUT2D eigenvalue weighted by atomic mass is 10.0. The third-order valence-corrected chi connectivity index (χ3v) is 9.61. The maximum Gasteiger partial charge on any atom is 0.411 e. The number of aliphatic carboxylic acids is 1. The summed E-state index contributed by atoms with van der Waals surface area (Å²) in [5, 5.41) is 8.83. The van der Waals surface area contributed by atoms with Gasteiger partial charge in [-0.25, -0.2) is 36.9 Å². The Morgan fingerprint density at radius 2 is 1.10 bits per heavy atom. The molecular formula is C46H52ClF8N5O9. The topological polar surface area (TPSA) is 184 Å². The molecule has 4 aromatic rings. The van der Waals surface area contributed by atoms with Crippen molar-refractivity contribution >= 4 is 42.2 Å². The van der Waals surface area contributed by atoms with Crippen LogP contribution in [0.5, 0.6) is 11.5 Å². The first kappa shape index (κ1) is 56.9. The van der Waals surface area contributed by atoms with Crippen LogP contribution < -0.4 is 15.2 Å². The summed E-state index contributed by atoms with van der Waals surface area (Å²) in [6, 6.07) is 11.8. The van der Waals surface area contributed by atoms with E-state index < -0.39 is 78.6 Å². The fourth-order valence-corrected chi connectivity index (χ4v) is 6.72. The molecule has 2 aromatic heterocycles. The Labute approximate surface area is 398 Å². The fourth-order valence-electron chi connectivity index (χ4n) is 6.72. The zero-order chi connectivity index (χ0) is 50.7. The number of aryl methyl sites for hydroxylation is 1. The van der Waals surface area contributed by atoms with Gasteiger partial charge in [0.1, 0.15) is 58.5 Å². The summed E-state index contributed by atoms with van der Waals surface area (Å²) in [6.07, 6.45) is -2.28. The highest BCUT2D eigenvalue weighted by molar-refractivity contribution is 5.88. The van der Waals surface area contributed by atoms with Crippen LogP contribution in [-0.2, 0) is 25.5 Å². The van der Waals surface area contributed by atoms with E-state index in [9.17, 15) is 54.3 Å². The SMILES string of the molecule is CC(C)(C)OC(=O)N1C[C@H](F)C[C@H]1C(=O)CCc1cc(-c2ccc(OC(F)F)cc2)c(F)cn1.CC(C)(C)OC(=O)N1C[C@H](F)C[C@H]1C(=O)O.Cl.Nc1cc(-c2ccc(OC(F)F)cc2)c(F)cn1. The first-order valence-corrected chi connectivity index (χ1v) is 20.9. The number of nitrogen functional groups attached to an aromatic ring is 1. The second-order valence-electron chi connectivity index (χ2n) is 17.3. The number of ether oxygens (including phenoxy) is 4. The Morgan fingerprint density at radius 3 is 1.52 bits per heavy atom. The number of anilines is 1. The van der Waals surface area contributed by atoms with Gasteiger partial charge in [0.25, 0.3) is 0 Å². The van der Waals surface area contributed by atoms with E-state index >= 15 is 0 Å². The number of alkyl halides is 6. The number of pyridine rings is 2. The fraction of sp³-hybridized carbons (Fsp3) is 0.435. The molecule has 4 heterocycles. The van der Waals surface area contributed by atoms with E-state index in [0.717, 1.165) is 22.2 Å². The van der Waals surface area contributed by atoms with Crippen LogP contribution in [0.4, 0.5) is 50.5 Å². The van der Waals surface area contributed by atoms with Crippen LogP contribution in [0.15, 0.2) is 73.1 Å². The van der Waals surface area contributed by atoms with Gasteiger partial charge in [0, 0.05) is 36.1 Å². The molecule has 0 aliphatic carbocycles. The van der Waals surface area contributed by atoms with E-state index in [1.54, 1.807) is 41.5 Å². The normalized spacial score (nSPS) is 17.7. The van der Waals surface area contributed by atoms with E-state index in [4.69, 9.17) is 20.3 Å². The predicted molar refractivity (Wildman–Crippen MR) is 238 cm³/mol. The molecule has 23 heteroatoms. The van der Waals surface area contributed by atoms with Gasteiger partial charge in [-0.2, -0.15) is 17.6 Å². The molecule has 0 saturated carbocycles. The number of Topliss-reactive ketones (excluding diaryl/α,β-unsaturated/α-hetero) is 1. The summed E-state index contributed by atoms with van der Waals surface area (Å²) in [5.74, 6) is -2.57. The quantitative estimate of drug-likeness (QED) is 0.136. The highest BCUT2D eigenvalue weighted by atomic mass is 35.5. The molecule has 2 aromatic carbocycles. The number of halogens is 9. The van der Waals surface area contributed by atoms with Crippen molar-refractivity contribution in [3.05, 3.63) is 90.4 Å². The first-order valence-electron chi connectivity index (χ1n) is 20.9. The summed E-state index contributed by atoms with van der Waals surface area (Å²) in [5.41, 5.74) is 5.74. The summed E-state index contributed by atoms with van der Waals surface area (Å²) in [7, 11) is 0. The molecule has 0 unspecified atom stereocenters. The van der Waals surface area contributed by atoms with E-state index in [-0.39, 0.29) is 85.4 Å². The minimum atomic E-state index is -2.97. The Bertz CT molecular complexity index is 2360. The molecule has 3 N–H and O–H groups in total. The molecule has 2 fully saturated rings. The van der Waals surface area contributed by atoms with Gasteiger partial charge in [0.15, 0.2) is 5.78 Å². The number of carbonyl (C=O) groups is 4. The van der Waals surface area contributed by atoms with Gasteiger partial charge in [-0.05, 0) is 95.5 Å². The van der Waals surface area contributed by atoms with Gasteiger partial charge >= 0.3 is 31.4 Å². The first-order chi connectivity index (χ1) is 31.7. The highest BCUT2D eigenvalue weighted by Crippen LogP contribution is 2.30. The van der Waals surface area contributed by atoms with Crippen LogP contribution in [0.3, 0.4) is 0 Å². The van der Waals surface area contributed by atoms with E-state index in [1.165, 1.54) is 60.7 Å². The summed E-state index contributed by atoms with van der Waals surface area (Å²) in [4.78, 5) is 57.3. The minimum Gasteiger partial charge on any atom is -0.480 e. The Kier molecular flexibility index (Phi) is 20.4.